The van der Waals surface area contributed by atoms with Gasteiger partial charge in [0.15, 0.2) is 15.6 Å². The summed E-state index contributed by atoms with van der Waals surface area (Å²) < 4.78 is 22.8. The van der Waals surface area contributed by atoms with Crippen molar-refractivity contribution in [2.24, 2.45) is 0 Å². The SMILES string of the molecule is CC[C@H](C(=O)c1ccc(N)cc1)S(C)(=O)=O. The maximum absolute atomic E-state index is 11.9. The van der Waals surface area contributed by atoms with E-state index >= 15 is 0 Å². The standard InChI is InChI=1S/C11H15NO3S/c1-3-10(16(2,14)15)11(13)8-4-6-9(12)7-5-8/h4-7,10H,3,12H2,1-2H3/t10-/m1/s1. The third-order valence-electron chi connectivity index (χ3n) is 2.38. The third-order valence-corrected chi connectivity index (χ3v) is 3.96. The Kier molecular flexibility index (Phi) is 3.70. The van der Waals surface area contributed by atoms with Crippen molar-refractivity contribution in [3.8, 4) is 0 Å². The van der Waals surface area contributed by atoms with Gasteiger partial charge in [0.05, 0.1) is 0 Å². The van der Waals surface area contributed by atoms with Crippen molar-refractivity contribution in [3.05, 3.63) is 29.8 Å². The maximum Gasteiger partial charge on any atom is 0.180 e. The van der Waals surface area contributed by atoms with Crippen LogP contribution in [-0.2, 0) is 9.84 Å². The van der Waals surface area contributed by atoms with Crippen LogP contribution in [0.4, 0.5) is 5.69 Å². The minimum Gasteiger partial charge on any atom is -0.399 e. The second kappa shape index (κ2) is 4.65. The fourth-order valence-electron chi connectivity index (χ4n) is 1.52. The Balaban J connectivity index is 3.06. The van der Waals surface area contributed by atoms with E-state index in [4.69, 9.17) is 5.73 Å². The molecule has 88 valence electrons. The van der Waals surface area contributed by atoms with Crippen molar-refractivity contribution in [1.29, 1.82) is 0 Å². The molecule has 0 aliphatic heterocycles. The topological polar surface area (TPSA) is 77.2 Å². The fourth-order valence-corrected chi connectivity index (χ4v) is 2.65. The van der Waals surface area contributed by atoms with Crippen LogP contribution in [0.15, 0.2) is 24.3 Å². The number of carbonyl (C=O) groups excluding carboxylic acids is 1. The smallest absolute Gasteiger partial charge is 0.180 e. The van der Waals surface area contributed by atoms with Gasteiger partial charge in [-0.15, -0.1) is 0 Å². The Morgan fingerprint density at radius 1 is 1.31 bits per heavy atom. The lowest BCUT2D eigenvalue weighted by Crippen LogP contribution is -2.28. The van der Waals surface area contributed by atoms with Crippen LogP contribution in [0.2, 0.25) is 0 Å². The highest BCUT2D eigenvalue weighted by Gasteiger charge is 2.27. The van der Waals surface area contributed by atoms with E-state index in [-0.39, 0.29) is 12.2 Å². The van der Waals surface area contributed by atoms with E-state index in [1.807, 2.05) is 0 Å². The number of ketones is 1. The van der Waals surface area contributed by atoms with Gasteiger partial charge in [0.2, 0.25) is 0 Å². The largest absolute Gasteiger partial charge is 0.399 e. The summed E-state index contributed by atoms with van der Waals surface area (Å²) in [4.78, 5) is 11.9. The van der Waals surface area contributed by atoms with Gasteiger partial charge in [-0.05, 0) is 30.7 Å². The zero-order valence-electron chi connectivity index (χ0n) is 9.30. The number of benzene rings is 1. The van der Waals surface area contributed by atoms with E-state index in [1.54, 1.807) is 31.2 Å². The summed E-state index contributed by atoms with van der Waals surface area (Å²) in [5.41, 5.74) is 6.42. The Morgan fingerprint density at radius 3 is 2.19 bits per heavy atom. The Hall–Kier alpha value is -1.36. The van der Waals surface area contributed by atoms with Crippen LogP contribution in [0.1, 0.15) is 23.7 Å². The zero-order valence-corrected chi connectivity index (χ0v) is 10.1. The highest BCUT2D eigenvalue weighted by atomic mass is 32.2. The summed E-state index contributed by atoms with van der Waals surface area (Å²) >= 11 is 0. The molecule has 0 spiro atoms. The number of rotatable bonds is 4. The van der Waals surface area contributed by atoms with Crippen LogP contribution >= 0.6 is 0 Å². The molecule has 1 aromatic carbocycles. The average molecular weight is 241 g/mol. The predicted octanol–water partition coefficient (Wildman–Crippen LogP) is 1.27. The van der Waals surface area contributed by atoms with E-state index in [2.05, 4.69) is 0 Å². The molecule has 0 aromatic heterocycles. The van der Waals surface area contributed by atoms with Crippen molar-refractivity contribution in [1.82, 2.24) is 0 Å². The first-order valence-electron chi connectivity index (χ1n) is 4.95. The van der Waals surface area contributed by atoms with Gasteiger partial charge in [0, 0.05) is 17.5 Å². The Morgan fingerprint density at radius 2 is 1.81 bits per heavy atom. The number of nitrogen functional groups attached to an aromatic ring is 1. The van der Waals surface area contributed by atoms with E-state index in [0.29, 0.717) is 11.3 Å². The molecule has 2 N–H and O–H groups in total. The van der Waals surface area contributed by atoms with Crippen LogP contribution in [-0.4, -0.2) is 25.7 Å². The molecule has 0 bridgehead atoms. The molecule has 0 amide bonds. The molecule has 1 atom stereocenters. The fraction of sp³-hybridized carbons (Fsp3) is 0.364. The van der Waals surface area contributed by atoms with Crippen LogP contribution in [0, 0.1) is 0 Å². The van der Waals surface area contributed by atoms with Gasteiger partial charge in [-0.2, -0.15) is 0 Å². The first-order valence-corrected chi connectivity index (χ1v) is 6.90. The highest BCUT2D eigenvalue weighted by molar-refractivity contribution is 7.92. The van der Waals surface area contributed by atoms with E-state index in [1.165, 1.54) is 0 Å². The Labute approximate surface area is 95.4 Å². The van der Waals surface area contributed by atoms with Gasteiger partial charge >= 0.3 is 0 Å². The summed E-state index contributed by atoms with van der Waals surface area (Å²) in [5, 5.41) is -0.962. The third kappa shape index (κ3) is 2.82. The van der Waals surface area contributed by atoms with Crippen molar-refractivity contribution in [2.75, 3.05) is 12.0 Å². The summed E-state index contributed by atoms with van der Waals surface area (Å²) in [6.07, 6.45) is 1.36. The average Bonchev–Trinajstić information content (AvgIpc) is 2.17. The molecule has 0 fully saturated rings. The van der Waals surface area contributed by atoms with Crippen LogP contribution < -0.4 is 5.73 Å². The summed E-state index contributed by atoms with van der Waals surface area (Å²) in [5.74, 6) is -0.370. The first-order chi connectivity index (χ1) is 7.36. The van der Waals surface area contributed by atoms with Crippen molar-refractivity contribution in [3.63, 3.8) is 0 Å². The van der Waals surface area contributed by atoms with Gasteiger partial charge in [-0.3, -0.25) is 4.79 Å². The van der Waals surface area contributed by atoms with Crippen LogP contribution in [0.3, 0.4) is 0 Å². The molecule has 5 heteroatoms. The molecule has 0 radical (unpaired) electrons. The molecule has 0 heterocycles. The summed E-state index contributed by atoms with van der Waals surface area (Å²) in [6.45, 7) is 1.68. The normalized spacial score (nSPS) is 13.4. The lowest BCUT2D eigenvalue weighted by molar-refractivity contribution is 0.0985. The van der Waals surface area contributed by atoms with E-state index in [0.717, 1.165) is 6.26 Å². The molecule has 0 saturated heterocycles. The van der Waals surface area contributed by atoms with E-state index in [9.17, 15) is 13.2 Å². The minimum atomic E-state index is -3.35. The zero-order chi connectivity index (χ0) is 12.3. The molecule has 0 aliphatic carbocycles. The second-order valence-corrected chi connectivity index (χ2v) is 5.94. The monoisotopic (exact) mass is 241 g/mol. The van der Waals surface area contributed by atoms with Gasteiger partial charge in [-0.1, -0.05) is 6.92 Å². The first kappa shape index (κ1) is 12.7. The molecule has 0 saturated carbocycles. The minimum absolute atomic E-state index is 0.280. The van der Waals surface area contributed by atoms with Crippen molar-refractivity contribution in [2.45, 2.75) is 18.6 Å². The summed E-state index contributed by atoms with van der Waals surface area (Å²) in [6, 6.07) is 6.27. The lowest BCUT2D eigenvalue weighted by Gasteiger charge is -2.11. The highest BCUT2D eigenvalue weighted by Crippen LogP contribution is 2.14. The lowest BCUT2D eigenvalue weighted by atomic mass is 10.1. The van der Waals surface area contributed by atoms with Gasteiger partial charge in [-0.25, -0.2) is 8.42 Å². The molecule has 1 rings (SSSR count). The van der Waals surface area contributed by atoms with Gasteiger partial charge in [0.1, 0.15) is 5.25 Å². The summed E-state index contributed by atoms with van der Waals surface area (Å²) in [7, 11) is -3.35. The van der Waals surface area contributed by atoms with Gasteiger partial charge < -0.3 is 5.73 Å². The van der Waals surface area contributed by atoms with E-state index < -0.39 is 15.1 Å². The predicted molar refractivity (Wildman–Crippen MR) is 64.1 cm³/mol. The molecule has 4 nitrogen and oxygen atoms in total. The molecule has 16 heavy (non-hydrogen) atoms. The van der Waals surface area contributed by atoms with Crippen molar-refractivity contribution >= 4 is 21.3 Å². The molecular weight excluding hydrogens is 226 g/mol. The molecular formula is C11H15NO3S. The molecule has 0 aliphatic rings. The number of hydrogen-bond acceptors (Lipinski definition) is 4. The number of Topliss-reactive ketones (excluding diaryl/α,β-unsaturated/α-hetero) is 1. The van der Waals surface area contributed by atoms with Crippen LogP contribution in [0.5, 0.6) is 0 Å². The van der Waals surface area contributed by atoms with Gasteiger partial charge in [0.25, 0.3) is 0 Å². The number of sulfone groups is 1. The van der Waals surface area contributed by atoms with Crippen molar-refractivity contribution < 1.29 is 13.2 Å². The quantitative estimate of drug-likeness (QED) is 0.636. The maximum atomic E-state index is 11.9. The molecule has 0 unspecified atom stereocenters. The van der Waals surface area contributed by atoms with Crippen LogP contribution in [0.25, 0.3) is 0 Å². The molecule has 1 aromatic rings. The Bertz CT molecular complexity index is 476. The second-order valence-electron chi connectivity index (χ2n) is 3.71. The number of hydrogen-bond donors (Lipinski definition) is 1. The number of anilines is 1. The number of nitrogens with two attached hydrogens (primary N) is 1. The number of carbonyl (C=O) groups is 1.